The fourth-order valence-corrected chi connectivity index (χ4v) is 1.27. The Morgan fingerprint density at radius 1 is 1.56 bits per heavy atom. The molecule has 0 aliphatic carbocycles. The molecule has 1 aromatic rings. The molecule has 0 aliphatic heterocycles. The van der Waals surface area contributed by atoms with Crippen LogP contribution in [0.1, 0.15) is 31.2 Å². The molecule has 16 heavy (non-hydrogen) atoms. The van der Waals surface area contributed by atoms with Crippen LogP contribution in [-0.2, 0) is 11.3 Å². The highest BCUT2D eigenvalue weighted by atomic mass is 16.5. The van der Waals surface area contributed by atoms with E-state index < -0.39 is 0 Å². The molecule has 1 amide bonds. The summed E-state index contributed by atoms with van der Waals surface area (Å²) < 4.78 is 4.91. The van der Waals surface area contributed by atoms with Crippen LogP contribution in [0, 0.1) is 6.92 Å². The van der Waals surface area contributed by atoms with Crippen LogP contribution in [-0.4, -0.2) is 24.2 Å². The average molecular weight is 225 g/mol. The second kappa shape index (κ2) is 7.00. The molecule has 0 atom stereocenters. The van der Waals surface area contributed by atoms with Gasteiger partial charge in [0.15, 0.2) is 0 Å². The molecule has 5 heteroatoms. The molecule has 5 nitrogen and oxygen atoms in total. The average Bonchev–Trinajstić information content (AvgIpc) is 2.65. The van der Waals surface area contributed by atoms with Gasteiger partial charge in [0, 0.05) is 19.2 Å². The van der Waals surface area contributed by atoms with Gasteiger partial charge < -0.3 is 15.2 Å². The largest absolute Gasteiger partial charge is 0.361 e. The first-order chi connectivity index (χ1) is 7.72. The number of amides is 1. The van der Waals surface area contributed by atoms with E-state index in [1.54, 1.807) is 0 Å². The number of nitrogens with one attached hydrogen (secondary N) is 2. The molecule has 2 N–H and O–H groups in total. The molecular weight excluding hydrogens is 206 g/mol. The third-order valence-electron chi connectivity index (χ3n) is 2.12. The molecule has 1 rings (SSSR count). The zero-order valence-corrected chi connectivity index (χ0v) is 9.88. The Morgan fingerprint density at radius 2 is 2.38 bits per heavy atom. The van der Waals surface area contributed by atoms with Gasteiger partial charge in [0.05, 0.1) is 12.2 Å². The number of aryl methyl sites for hydroxylation is 1. The first kappa shape index (κ1) is 12.7. The number of hydrogen-bond acceptors (Lipinski definition) is 4. The summed E-state index contributed by atoms with van der Waals surface area (Å²) in [5, 5.41) is 9.66. The summed E-state index contributed by atoms with van der Waals surface area (Å²) in [7, 11) is 0. The Kier molecular flexibility index (Phi) is 5.56. The van der Waals surface area contributed by atoms with E-state index >= 15 is 0 Å². The summed E-state index contributed by atoms with van der Waals surface area (Å²) >= 11 is 0. The second-order valence-electron chi connectivity index (χ2n) is 3.74. The summed E-state index contributed by atoms with van der Waals surface area (Å²) in [5.74, 6) is 0.804. The first-order valence-electron chi connectivity index (χ1n) is 5.62. The third kappa shape index (κ3) is 4.93. The predicted octanol–water partition coefficient (Wildman–Crippen LogP) is 0.989. The van der Waals surface area contributed by atoms with Crippen LogP contribution in [0.3, 0.4) is 0 Å². The van der Waals surface area contributed by atoms with Gasteiger partial charge in [-0.3, -0.25) is 4.79 Å². The molecule has 0 fully saturated rings. The molecular formula is C11H19N3O2. The minimum Gasteiger partial charge on any atom is -0.361 e. The number of rotatable bonds is 7. The lowest BCUT2D eigenvalue weighted by Crippen LogP contribution is -2.34. The highest BCUT2D eigenvalue weighted by Gasteiger charge is 2.02. The summed E-state index contributed by atoms with van der Waals surface area (Å²) in [4.78, 5) is 11.3. The number of carbonyl (C=O) groups is 1. The maximum Gasteiger partial charge on any atom is 0.233 e. The van der Waals surface area contributed by atoms with E-state index in [1.165, 1.54) is 0 Å². The minimum absolute atomic E-state index is 0.0219. The fourth-order valence-electron chi connectivity index (χ4n) is 1.27. The SMILES string of the molecule is CCCCNC(=O)CNCc1cc(C)on1. The maximum absolute atomic E-state index is 11.3. The summed E-state index contributed by atoms with van der Waals surface area (Å²) in [6.07, 6.45) is 2.11. The fraction of sp³-hybridized carbons (Fsp3) is 0.636. The summed E-state index contributed by atoms with van der Waals surface area (Å²) in [6.45, 7) is 5.56. The Bertz CT molecular complexity index is 323. The topological polar surface area (TPSA) is 67.2 Å². The van der Waals surface area contributed by atoms with Crippen LogP contribution in [0.15, 0.2) is 10.6 Å². The Hall–Kier alpha value is -1.36. The van der Waals surface area contributed by atoms with E-state index in [2.05, 4.69) is 22.7 Å². The monoisotopic (exact) mass is 225 g/mol. The first-order valence-corrected chi connectivity index (χ1v) is 5.62. The number of nitrogens with zero attached hydrogens (tertiary/aromatic N) is 1. The normalized spacial score (nSPS) is 10.4. The van der Waals surface area contributed by atoms with Gasteiger partial charge in [-0.15, -0.1) is 0 Å². The van der Waals surface area contributed by atoms with E-state index in [4.69, 9.17) is 4.52 Å². The molecule has 0 saturated carbocycles. The molecule has 0 radical (unpaired) electrons. The summed E-state index contributed by atoms with van der Waals surface area (Å²) in [6, 6.07) is 1.85. The Balaban J connectivity index is 2.08. The van der Waals surface area contributed by atoms with Crippen molar-refractivity contribution >= 4 is 5.91 Å². The molecule has 0 bridgehead atoms. The van der Waals surface area contributed by atoms with Crippen LogP contribution >= 0.6 is 0 Å². The Labute approximate surface area is 95.6 Å². The van der Waals surface area contributed by atoms with Crippen molar-refractivity contribution in [1.29, 1.82) is 0 Å². The smallest absolute Gasteiger partial charge is 0.233 e. The van der Waals surface area contributed by atoms with Crippen molar-refractivity contribution in [3.63, 3.8) is 0 Å². The Morgan fingerprint density at radius 3 is 3.00 bits per heavy atom. The number of hydrogen-bond donors (Lipinski definition) is 2. The predicted molar refractivity (Wildman–Crippen MR) is 60.9 cm³/mol. The van der Waals surface area contributed by atoms with Gasteiger partial charge in [-0.2, -0.15) is 0 Å². The van der Waals surface area contributed by atoms with E-state index in [0.717, 1.165) is 30.8 Å². The van der Waals surface area contributed by atoms with Crippen molar-refractivity contribution in [1.82, 2.24) is 15.8 Å². The molecule has 0 aromatic carbocycles. The van der Waals surface area contributed by atoms with Gasteiger partial charge in [0.2, 0.25) is 5.91 Å². The van der Waals surface area contributed by atoms with E-state index in [0.29, 0.717) is 13.1 Å². The number of unbranched alkanes of at least 4 members (excludes halogenated alkanes) is 1. The molecule has 1 aromatic heterocycles. The zero-order chi connectivity index (χ0) is 11.8. The van der Waals surface area contributed by atoms with Crippen molar-refractivity contribution in [2.24, 2.45) is 0 Å². The van der Waals surface area contributed by atoms with Gasteiger partial charge >= 0.3 is 0 Å². The molecule has 0 aliphatic rings. The van der Waals surface area contributed by atoms with Crippen LogP contribution < -0.4 is 10.6 Å². The van der Waals surface area contributed by atoms with Crippen molar-refractivity contribution in [2.75, 3.05) is 13.1 Å². The van der Waals surface area contributed by atoms with Crippen LogP contribution in [0.25, 0.3) is 0 Å². The molecule has 0 unspecified atom stereocenters. The van der Waals surface area contributed by atoms with Crippen molar-refractivity contribution in [3.05, 3.63) is 17.5 Å². The lowest BCUT2D eigenvalue weighted by molar-refractivity contribution is -0.120. The number of carbonyl (C=O) groups excluding carboxylic acids is 1. The quantitative estimate of drug-likeness (QED) is 0.679. The van der Waals surface area contributed by atoms with E-state index in [1.807, 2.05) is 13.0 Å². The van der Waals surface area contributed by atoms with Crippen LogP contribution in [0.4, 0.5) is 0 Å². The standard InChI is InChI=1S/C11H19N3O2/c1-3-4-5-13-11(15)8-12-7-10-6-9(2)16-14-10/h6,12H,3-5,7-8H2,1-2H3,(H,13,15). The van der Waals surface area contributed by atoms with Gasteiger partial charge in [-0.1, -0.05) is 18.5 Å². The van der Waals surface area contributed by atoms with Gasteiger partial charge in [0.1, 0.15) is 5.76 Å². The van der Waals surface area contributed by atoms with Crippen molar-refractivity contribution in [3.8, 4) is 0 Å². The molecule has 0 spiro atoms. The highest BCUT2D eigenvalue weighted by molar-refractivity contribution is 5.77. The molecule has 90 valence electrons. The lowest BCUT2D eigenvalue weighted by Gasteiger charge is -2.04. The van der Waals surface area contributed by atoms with Gasteiger partial charge in [-0.25, -0.2) is 0 Å². The second-order valence-corrected chi connectivity index (χ2v) is 3.74. The molecule has 1 heterocycles. The summed E-state index contributed by atoms with van der Waals surface area (Å²) in [5.41, 5.74) is 0.818. The maximum atomic E-state index is 11.3. The minimum atomic E-state index is 0.0219. The third-order valence-corrected chi connectivity index (χ3v) is 2.12. The zero-order valence-electron chi connectivity index (χ0n) is 9.88. The van der Waals surface area contributed by atoms with Gasteiger partial charge in [0.25, 0.3) is 0 Å². The van der Waals surface area contributed by atoms with Crippen LogP contribution in [0.5, 0.6) is 0 Å². The van der Waals surface area contributed by atoms with E-state index in [-0.39, 0.29) is 5.91 Å². The molecule has 0 saturated heterocycles. The number of aromatic nitrogens is 1. The highest BCUT2D eigenvalue weighted by Crippen LogP contribution is 1.99. The van der Waals surface area contributed by atoms with Crippen molar-refractivity contribution < 1.29 is 9.32 Å². The van der Waals surface area contributed by atoms with Crippen LogP contribution in [0.2, 0.25) is 0 Å². The van der Waals surface area contributed by atoms with E-state index in [9.17, 15) is 4.79 Å². The lowest BCUT2D eigenvalue weighted by atomic mass is 10.3. The van der Waals surface area contributed by atoms with Gasteiger partial charge in [-0.05, 0) is 13.3 Å². The van der Waals surface area contributed by atoms with Crippen molar-refractivity contribution in [2.45, 2.75) is 33.2 Å².